The van der Waals surface area contributed by atoms with Gasteiger partial charge in [0.15, 0.2) is 0 Å². The number of aromatic amines is 1. The summed E-state index contributed by atoms with van der Waals surface area (Å²) in [6, 6.07) is 11.4. The first kappa shape index (κ1) is 16.8. The first-order chi connectivity index (χ1) is 12.1. The summed E-state index contributed by atoms with van der Waals surface area (Å²) in [7, 11) is 3.96. The maximum Gasteiger partial charge on any atom is 0.272 e. The lowest BCUT2D eigenvalue weighted by Gasteiger charge is -2.22. The maximum atomic E-state index is 11.9. The first-order valence-electron chi connectivity index (χ1n) is 8.15. The normalized spacial score (nSPS) is 11.5. The van der Waals surface area contributed by atoms with Crippen LogP contribution in [-0.2, 0) is 0 Å². The van der Waals surface area contributed by atoms with E-state index in [9.17, 15) is 4.79 Å². The van der Waals surface area contributed by atoms with Crippen LogP contribution in [0.4, 0.5) is 5.69 Å². The van der Waals surface area contributed by atoms with Crippen molar-refractivity contribution in [3.63, 3.8) is 0 Å². The second-order valence-electron chi connectivity index (χ2n) is 5.92. The Morgan fingerprint density at radius 1 is 1.08 bits per heavy atom. The molecule has 0 saturated heterocycles. The number of hydrogen-bond acceptors (Lipinski definition) is 4. The Bertz CT molecular complexity index is 999. The lowest BCUT2D eigenvalue weighted by molar-refractivity contribution is 0.486. The molecule has 25 heavy (non-hydrogen) atoms. The molecule has 0 fully saturated rings. The van der Waals surface area contributed by atoms with Gasteiger partial charge in [0.05, 0.1) is 10.8 Å². The van der Waals surface area contributed by atoms with E-state index in [4.69, 9.17) is 4.74 Å². The molecule has 0 unspecified atom stereocenters. The van der Waals surface area contributed by atoms with Crippen LogP contribution in [0.15, 0.2) is 53.3 Å². The zero-order chi connectivity index (χ0) is 18.0. The van der Waals surface area contributed by atoms with Crippen molar-refractivity contribution in [2.45, 2.75) is 13.8 Å². The Labute approximate surface area is 146 Å². The van der Waals surface area contributed by atoms with E-state index in [0.717, 1.165) is 28.1 Å². The van der Waals surface area contributed by atoms with Gasteiger partial charge in [0, 0.05) is 25.3 Å². The van der Waals surface area contributed by atoms with Gasteiger partial charge in [0.2, 0.25) is 0 Å². The highest BCUT2D eigenvalue weighted by atomic mass is 16.5. The molecule has 4 rings (SSSR count). The standard InChI is InChI=1S/C16H13N3O2.C4H8/c1-19(2)9-6-7-12-11(8-9)15-14-10(16(20)18-17-15)4-3-5-13(14)21-12;1-3-4-2/h3-8H,1-2H3,(H,18,20);3-4H,1-2H3/b;4-3-. The number of hydrogen-bond donors (Lipinski definition) is 1. The highest BCUT2D eigenvalue weighted by Gasteiger charge is 2.23. The molecule has 0 aliphatic carbocycles. The van der Waals surface area contributed by atoms with Crippen molar-refractivity contribution >= 4 is 16.5 Å². The summed E-state index contributed by atoms with van der Waals surface area (Å²) in [5.41, 5.74) is 2.50. The maximum absolute atomic E-state index is 11.9. The molecule has 0 atom stereocenters. The van der Waals surface area contributed by atoms with Gasteiger partial charge in [-0.25, -0.2) is 5.10 Å². The lowest BCUT2D eigenvalue weighted by Crippen LogP contribution is -2.13. The number of H-pyrrole nitrogens is 1. The third kappa shape index (κ3) is 3.01. The summed E-state index contributed by atoms with van der Waals surface area (Å²) in [6.07, 6.45) is 4.00. The Balaban J connectivity index is 0.000000415. The molecule has 128 valence electrons. The Kier molecular flexibility index (Phi) is 4.57. The molecule has 0 spiro atoms. The summed E-state index contributed by atoms with van der Waals surface area (Å²) in [4.78, 5) is 13.9. The largest absolute Gasteiger partial charge is 0.456 e. The Hall–Kier alpha value is -3.08. The molecule has 5 heteroatoms. The molecule has 1 N–H and O–H groups in total. The monoisotopic (exact) mass is 335 g/mol. The molecular weight excluding hydrogens is 314 g/mol. The third-order valence-electron chi connectivity index (χ3n) is 4.06. The molecular formula is C20H21N3O2. The second kappa shape index (κ2) is 6.81. The number of fused-ring (bicyclic) bond motifs is 2. The SMILES string of the molecule is C/C=C\C.CN(C)c1ccc2c(c1)-c1n[nH]c(=O)c3cccc(c13)O2. The van der Waals surface area contributed by atoms with Crippen LogP contribution in [0.25, 0.3) is 22.0 Å². The number of rotatable bonds is 1. The smallest absolute Gasteiger partial charge is 0.272 e. The average molecular weight is 335 g/mol. The van der Waals surface area contributed by atoms with Crippen LogP contribution in [0.5, 0.6) is 11.5 Å². The number of anilines is 1. The molecule has 0 bridgehead atoms. The average Bonchev–Trinajstić information content (AvgIpc) is 2.63. The van der Waals surface area contributed by atoms with Gasteiger partial charge in [0.1, 0.15) is 17.2 Å². The van der Waals surface area contributed by atoms with Crippen LogP contribution in [0.1, 0.15) is 13.8 Å². The predicted molar refractivity (Wildman–Crippen MR) is 103 cm³/mol. The van der Waals surface area contributed by atoms with Gasteiger partial charge in [-0.2, -0.15) is 5.10 Å². The molecule has 0 radical (unpaired) electrons. The van der Waals surface area contributed by atoms with Crippen molar-refractivity contribution in [2.75, 3.05) is 19.0 Å². The Morgan fingerprint density at radius 2 is 1.84 bits per heavy atom. The fourth-order valence-corrected chi connectivity index (χ4v) is 2.66. The minimum atomic E-state index is -0.202. The van der Waals surface area contributed by atoms with Crippen LogP contribution >= 0.6 is 0 Å². The summed E-state index contributed by atoms with van der Waals surface area (Å²) < 4.78 is 5.93. The molecule has 1 aromatic heterocycles. The van der Waals surface area contributed by atoms with Crippen LogP contribution in [0.2, 0.25) is 0 Å². The quantitative estimate of drug-likeness (QED) is 0.526. The number of aromatic nitrogens is 2. The zero-order valence-electron chi connectivity index (χ0n) is 14.8. The van der Waals surface area contributed by atoms with Gasteiger partial charge in [-0.3, -0.25) is 4.79 Å². The van der Waals surface area contributed by atoms with E-state index in [1.54, 1.807) is 6.07 Å². The highest BCUT2D eigenvalue weighted by molar-refractivity contribution is 6.01. The van der Waals surface area contributed by atoms with E-state index in [1.165, 1.54) is 0 Å². The molecule has 5 nitrogen and oxygen atoms in total. The van der Waals surface area contributed by atoms with Gasteiger partial charge in [-0.1, -0.05) is 18.2 Å². The van der Waals surface area contributed by atoms with Crippen LogP contribution in [0, 0.1) is 0 Å². The van der Waals surface area contributed by atoms with Crippen molar-refractivity contribution in [2.24, 2.45) is 0 Å². The van der Waals surface area contributed by atoms with Crippen LogP contribution < -0.4 is 15.2 Å². The van der Waals surface area contributed by atoms with Crippen molar-refractivity contribution in [3.8, 4) is 22.8 Å². The second-order valence-corrected chi connectivity index (χ2v) is 5.92. The van der Waals surface area contributed by atoms with Gasteiger partial charge in [0.25, 0.3) is 5.56 Å². The zero-order valence-corrected chi connectivity index (χ0v) is 14.8. The predicted octanol–water partition coefficient (Wildman–Crippen LogP) is 4.34. The summed E-state index contributed by atoms with van der Waals surface area (Å²) in [5.74, 6) is 1.42. The van der Waals surface area contributed by atoms with Crippen LogP contribution in [0.3, 0.4) is 0 Å². The van der Waals surface area contributed by atoms with E-state index in [0.29, 0.717) is 11.1 Å². The minimum Gasteiger partial charge on any atom is -0.456 e. The topological polar surface area (TPSA) is 58.2 Å². The van der Waals surface area contributed by atoms with Gasteiger partial charge < -0.3 is 9.64 Å². The van der Waals surface area contributed by atoms with E-state index >= 15 is 0 Å². The molecule has 0 saturated carbocycles. The molecule has 2 heterocycles. The fourth-order valence-electron chi connectivity index (χ4n) is 2.66. The summed E-state index contributed by atoms with van der Waals surface area (Å²) in [6.45, 7) is 4.00. The van der Waals surface area contributed by atoms with E-state index in [1.807, 2.05) is 75.3 Å². The van der Waals surface area contributed by atoms with Crippen molar-refractivity contribution < 1.29 is 4.74 Å². The lowest BCUT2D eigenvalue weighted by atomic mass is 10.0. The first-order valence-corrected chi connectivity index (χ1v) is 8.15. The van der Waals surface area contributed by atoms with Crippen molar-refractivity contribution in [1.29, 1.82) is 0 Å². The van der Waals surface area contributed by atoms with Gasteiger partial charge in [-0.05, 0) is 44.2 Å². The van der Waals surface area contributed by atoms with Crippen LogP contribution in [-0.4, -0.2) is 24.3 Å². The summed E-state index contributed by atoms with van der Waals surface area (Å²) in [5, 5.41) is 8.18. The molecule has 0 amide bonds. The molecule has 3 aromatic rings. The van der Waals surface area contributed by atoms with E-state index in [-0.39, 0.29) is 5.56 Å². The third-order valence-corrected chi connectivity index (χ3v) is 4.06. The summed E-state index contributed by atoms with van der Waals surface area (Å²) >= 11 is 0. The number of nitrogens with zero attached hydrogens (tertiary/aromatic N) is 2. The molecule has 1 aliphatic rings. The highest BCUT2D eigenvalue weighted by Crippen LogP contribution is 2.45. The number of nitrogens with one attached hydrogen (secondary N) is 1. The number of ether oxygens (including phenoxy) is 1. The number of allylic oxidation sites excluding steroid dienone is 2. The van der Waals surface area contributed by atoms with Crippen molar-refractivity contribution in [3.05, 3.63) is 58.9 Å². The number of benzene rings is 2. The Morgan fingerprint density at radius 3 is 2.52 bits per heavy atom. The van der Waals surface area contributed by atoms with Gasteiger partial charge >= 0.3 is 0 Å². The molecule has 2 aromatic carbocycles. The fraction of sp³-hybridized carbons (Fsp3) is 0.200. The minimum absolute atomic E-state index is 0.202. The van der Waals surface area contributed by atoms with E-state index < -0.39 is 0 Å². The van der Waals surface area contributed by atoms with E-state index in [2.05, 4.69) is 10.2 Å². The molecule has 1 aliphatic heterocycles. The van der Waals surface area contributed by atoms with Gasteiger partial charge in [-0.15, -0.1) is 0 Å². The van der Waals surface area contributed by atoms with Crippen molar-refractivity contribution in [1.82, 2.24) is 10.2 Å².